The molecule has 0 atom stereocenters. The molecule has 1 aliphatic rings. The Labute approximate surface area is 159 Å². The van der Waals surface area contributed by atoms with Crippen LogP contribution >= 0.6 is 11.8 Å². The highest BCUT2D eigenvalue weighted by molar-refractivity contribution is 7.98. The van der Waals surface area contributed by atoms with Gasteiger partial charge < -0.3 is 13.4 Å². The van der Waals surface area contributed by atoms with Gasteiger partial charge in [-0.05, 0) is 60.2 Å². The first-order chi connectivity index (χ1) is 13.2. The van der Waals surface area contributed by atoms with E-state index in [1.54, 1.807) is 24.1 Å². The van der Waals surface area contributed by atoms with Gasteiger partial charge in [0.1, 0.15) is 5.58 Å². The number of thioether (sulfide) groups is 1. The van der Waals surface area contributed by atoms with Crippen LogP contribution in [0.5, 0.6) is 0 Å². The Kier molecular flexibility index (Phi) is 3.89. The lowest BCUT2D eigenvalue weighted by atomic mass is 10.0. The number of furan rings is 1. The van der Waals surface area contributed by atoms with E-state index in [2.05, 4.69) is 16.3 Å². The molecule has 0 N–H and O–H groups in total. The van der Waals surface area contributed by atoms with Gasteiger partial charge in [0.05, 0.1) is 6.26 Å². The number of aryl methyl sites for hydroxylation is 2. The Morgan fingerprint density at radius 3 is 2.85 bits per heavy atom. The minimum absolute atomic E-state index is 0.315. The third-order valence-electron chi connectivity index (χ3n) is 4.98. The summed E-state index contributed by atoms with van der Waals surface area (Å²) in [6.45, 7) is 0. The van der Waals surface area contributed by atoms with E-state index in [-0.39, 0.29) is 5.63 Å². The van der Waals surface area contributed by atoms with Gasteiger partial charge in [-0.15, -0.1) is 10.2 Å². The predicted molar refractivity (Wildman–Crippen MR) is 103 cm³/mol. The maximum Gasteiger partial charge on any atom is 0.336 e. The number of nitrogens with zero attached hydrogens (tertiary/aromatic N) is 3. The van der Waals surface area contributed by atoms with Gasteiger partial charge in [0.2, 0.25) is 0 Å². The van der Waals surface area contributed by atoms with E-state index in [0.717, 1.165) is 35.4 Å². The van der Waals surface area contributed by atoms with Crippen LogP contribution in [0.3, 0.4) is 0 Å². The average Bonchev–Trinajstić information content (AvgIpc) is 3.39. The standard InChI is InChI=1S/C20H17N3O3S/c1-23-19(16-6-3-7-25-16)21-22-20(23)27-11-14-10-18(24)26-17-9-13-5-2-4-12(13)8-15(14)17/h3,6-10H,2,4-5,11H2,1H3. The molecule has 0 fully saturated rings. The molecular formula is C20H17N3O3S. The molecule has 0 saturated carbocycles. The molecule has 136 valence electrons. The minimum atomic E-state index is -0.315. The van der Waals surface area contributed by atoms with Gasteiger partial charge in [-0.25, -0.2) is 4.79 Å². The van der Waals surface area contributed by atoms with Gasteiger partial charge in [0.25, 0.3) is 0 Å². The second-order valence-electron chi connectivity index (χ2n) is 6.69. The van der Waals surface area contributed by atoms with Crippen LogP contribution < -0.4 is 5.63 Å². The van der Waals surface area contributed by atoms with Gasteiger partial charge in [0.15, 0.2) is 16.7 Å². The Bertz CT molecular complexity index is 1190. The molecule has 1 aliphatic carbocycles. The van der Waals surface area contributed by atoms with Gasteiger partial charge in [0, 0.05) is 24.3 Å². The summed E-state index contributed by atoms with van der Waals surface area (Å²) in [7, 11) is 1.91. The molecule has 27 heavy (non-hydrogen) atoms. The molecule has 0 amide bonds. The quantitative estimate of drug-likeness (QED) is 0.395. The third-order valence-corrected chi connectivity index (χ3v) is 6.04. The average molecular weight is 379 g/mol. The molecule has 3 heterocycles. The van der Waals surface area contributed by atoms with Crippen molar-refractivity contribution >= 4 is 22.7 Å². The van der Waals surface area contributed by atoms with Crippen molar-refractivity contribution in [3.05, 3.63) is 63.7 Å². The zero-order chi connectivity index (χ0) is 18.4. The summed E-state index contributed by atoms with van der Waals surface area (Å²) >= 11 is 1.54. The fourth-order valence-corrected chi connectivity index (χ4v) is 4.52. The first kappa shape index (κ1) is 16.4. The van der Waals surface area contributed by atoms with Gasteiger partial charge in [-0.3, -0.25) is 0 Å². The number of benzene rings is 1. The van der Waals surface area contributed by atoms with Crippen LogP contribution in [-0.2, 0) is 25.6 Å². The number of aromatic nitrogens is 3. The maximum atomic E-state index is 12.0. The third kappa shape index (κ3) is 2.88. The lowest BCUT2D eigenvalue weighted by molar-refractivity contribution is 0.559. The predicted octanol–water partition coefficient (Wildman–Crippen LogP) is 3.96. The van der Waals surface area contributed by atoms with Crippen molar-refractivity contribution in [1.29, 1.82) is 0 Å². The van der Waals surface area contributed by atoms with E-state index in [0.29, 0.717) is 22.9 Å². The zero-order valence-corrected chi connectivity index (χ0v) is 15.6. The largest absolute Gasteiger partial charge is 0.461 e. The number of hydrogen-bond acceptors (Lipinski definition) is 6. The zero-order valence-electron chi connectivity index (χ0n) is 14.8. The normalized spacial score (nSPS) is 13.4. The summed E-state index contributed by atoms with van der Waals surface area (Å²) in [5.41, 5.74) is 3.98. The smallest absolute Gasteiger partial charge is 0.336 e. The molecule has 6 nitrogen and oxygen atoms in total. The Hall–Kier alpha value is -2.80. The first-order valence-corrected chi connectivity index (χ1v) is 9.82. The summed E-state index contributed by atoms with van der Waals surface area (Å²) < 4.78 is 12.7. The molecule has 0 saturated heterocycles. The highest BCUT2D eigenvalue weighted by atomic mass is 32.2. The van der Waals surface area contributed by atoms with Gasteiger partial charge >= 0.3 is 5.63 Å². The summed E-state index contributed by atoms with van der Waals surface area (Å²) in [5.74, 6) is 1.97. The van der Waals surface area contributed by atoms with Crippen molar-refractivity contribution in [2.75, 3.05) is 0 Å². The van der Waals surface area contributed by atoms with E-state index in [4.69, 9.17) is 8.83 Å². The highest BCUT2D eigenvalue weighted by Gasteiger charge is 2.17. The molecule has 7 heteroatoms. The summed E-state index contributed by atoms with van der Waals surface area (Å²) in [6.07, 6.45) is 4.92. The molecule has 5 rings (SSSR count). The molecule has 0 spiro atoms. The van der Waals surface area contributed by atoms with E-state index in [1.807, 2.05) is 29.8 Å². The SMILES string of the molecule is Cn1c(SCc2cc(=O)oc3cc4c(cc23)CCC4)nnc1-c1ccco1. The fourth-order valence-electron chi connectivity index (χ4n) is 3.62. The lowest BCUT2D eigenvalue weighted by Crippen LogP contribution is -2.01. The molecule has 0 radical (unpaired) electrons. The second-order valence-corrected chi connectivity index (χ2v) is 7.63. The van der Waals surface area contributed by atoms with Crippen molar-refractivity contribution in [3.8, 4) is 11.6 Å². The minimum Gasteiger partial charge on any atom is -0.461 e. The van der Waals surface area contributed by atoms with Gasteiger partial charge in [-0.2, -0.15) is 0 Å². The number of rotatable bonds is 4. The number of fused-ring (bicyclic) bond motifs is 2. The van der Waals surface area contributed by atoms with Crippen LogP contribution in [0.25, 0.3) is 22.6 Å². The van der Waals surface area contributed by atoms with Crippen LogP contribution in [0, 0.1) is 0 Å². The molecule has 1 aromatic carbocycles. The summed E-state index contributed by atoms with van der Waals surface area (Å²) in [4.78, 5) is 12.0. The molecule has 4 aromatic rings. The van der Waals surface area contributed by atoms with E-state index < -0.39 is 0 Å². The van der Waals surface area contributed by atoms with Crippen molar-refractivity contribution in [1.82, 2.24) is 14.8 Å². The van der Waals surface area contributed by atoms with Crippen molar-refractivity contribution in [2.24, 2.45) is 7.05 Å². The van der Waals surface area contributed by atoms with E-state index >= 15 is 0 Å². The van der Waals surface area contributed by atoms with Crippen molar-refractivity contribution < 1.29 is 8.83 Å². The summed E-state index contributed by atoms with van der Waals surface area (Å²) in [6, 6.07) is 9.48. The molecule has 0 aliphatic heterocycles. The Morgan fingerprint density at radius 1 is 1.19 bits per heavy atom. The first-order valence-electron chi connectivity index (χ1n) is 8.83. The Balaban J connectivity index is 1.48. The second kappa shape index (κ2) is 6.42. The highest BCUT2D eigenvalue weighted by Crippen LogP contribution is 2.31. The maximum absolute atomic E-state index is 12.0. The molecular weight excluding hydrogens is 362 g/mol. The van der Waals surface area contributed by atoms with Crippen molar-refractivity contribution in [3.63, 3.8) is 0 Å². The van der Waals surface area contributed by atoms with Crippen LogP contribution in [0.2, 0.25) is 0 Å². The topological polar surface area (TPSA) is 74.1 Å². The fraction of sp³-hybridized carbons (Fsp3) is 0.250. The summed E-state index contributed by atoms with van der Waals surface area (Å²) in [5, 5.41) is 10.3. The van der Waals surface area contributed by atoms with E-state index in [9.17, 15) is 4.79 Å². The van der Waals surface area contributed by atoms with Crippen LogP contribution in [-0.4, -0.2) is 14.8 Å². The van der Waals surface area contributed by atoms with Crippen LogP contribution in [0.15, 0.2) is 55.4 Å². The number of hydrogen-bond donors (Lipinski definition) is 0. The van der Waals surface area contributed by atoms with Gasteiger partial charge in [-0.1, -0.05) is 11.8 Å². The van der Waals surface area contributed by atoms with Crippen molar-refractivity contribution in [2.45, 2.75) is 30.2 Å². The lowest BCUT2D eigenvalue weighted by Gasteiger charge is -2.08. The monoisotopic (exact) mass is 379 g/mol. The molecule has 0 bridgehead atoms. The van der Waals surface area contributed by atoms with Crippen LogP contribution in [0.4, 0.5) is 0 Å². The molecule has 3 aromatic heterocycles. The Morgan fingerprint density at radius 2 is 2.04 bits per heavy atom. The molecule has 0 unspecified atom stereocenters. The van der Waals surface area contributed by atoms with Crippen LogP contribution in [0.1, 0.15) is 23.1 Å². The van der Waals surface area contributed by atoms with E-state index in [1.165, 1.54) is 11.1 Å².